The first-order valence-corrected chi connectivity index (χ1v) is 10.5. The molecule has 0 atom stereocenters. The van der Waals surface area contributed by atoms with Gasteiger partial charge in [-0.2, -0.15) is 4.98 Å². The standard InChI is InChI=1S/C24H28N4O3/c1-17-5-7-19(8-6-17)22-25-21(26-31-22)18-9-11-20(12-10-18)27-13-15-28(16-14-27)23(29)30-24(2,3)4/h5-12H,13-16H2,1-4H3. The van der Waals surface area contributed by atoms with Crippen LogP contribution in [0.2, 0.25) is 0 Å². The van der Waals surface area contributed by atoms with Crippen molar-refractivity contribution in [3.05, 3.63) is 54.1 Å². The van der Waals surface area contributed by atoms with Gasteiger partial charge in [-0.3, -0.25) is 0 Å². The quantitative estimate of drug-likeness (QED) is 0.608. The molecule has 4 rings (SSSR count). The Morgan fingerprint density at radius 3 is 2.16 bits per heavy atom. The van der Waals surface area contributed by atoms with Gasteiger partial charge < -0.3 is 19.1 Å². The van der Waals surface area contributed by atoms with Gasteiger partial charge in [-0.05, 0) is 64.1 Å². The molecule has 7 heteroatoms. The average Bonchev–Trinajstić information content (AvgIpc) is 3.24. The summed E-state index contributed by atoms with van der Waals surface area (Å²) in [5.74, 6) is 1.08. The molecule has 1 aromatic heterocycles. The first-order chi connectivity index (χ1) is 14.8. The van der Waals surface area contributed by atoms with Crippen molar-refractivity contribution in [2.45, 2.75) is 33.3 Å². The van der Waals surface area contributed by atoms with Crippen molar-refractivity contribution in [1.29, 1.82) is 0 Å². The third kappa shape index (κ3) is 5.05. The van der Waals surface area contributed by atoms with Crippen LogP contribution in [-0.4, -0.2) is 52.9 Å². The Morgan fingerprint density at radius 2 is 1.55 bits per heavy atom. The smallest absolute Gasteiger partial charge is 0.410 e. The van der Waals surface area contributed by atoms with Crippen molar-refractivity contribution in [2.24, 2.45) is 0 Å². The molecule has 1 amide bonds. The summed E-state index contributed by atoms with van der Waals surface area (Å²) in [5, 5.41) is 4.13. The second-order valence-corrected chi connectivity index (χ2v) is 8.79. The summed E-state index contributed by atoms with van der Waals surface area (Å²) in [6, 6.07) is 16.1. The third-order valence-electron chi connectivity index (χ3n) is 5.15. The van der Waals surface area contributed by atoms with Gasteiger partial charge in [0.2, 0.25) is 5.82 Å². The largest absolute Gasteiger partial charge is 0.444 e. The zero-order valence-corrected chi connectivity index (χ0v) is 18.5. The number of amides is 1. The fourth-order valence-electron chi connectivity index (χ4n) is 3.45. The van der Waals surface area contributed by atoms with Gasteiger partial charge in [-0.25, -0.2) is 4.79 Å². The molecule has 2 aromatic carbocycles. The molecule has 31 heavy (non-hydrogen) atoms. The van der Waals surface area contributed by atoms with E-state index in [2.05, 4.69) is 27.2 Å². The highest BCUT2D eigenvalue weighted by Gasteiger charge is 2.26. The highest BCUT2D eigenvalue weighted by molar-refractivity contribution is 5.69. The van der Waals surface area contributed by atoms with Crippen LogP contribution >= 0.6 is 0 Å². The van der Waals surface area contributed by atoms with Crippen LogP contribution in [0.25, 0.3) is 22.8 Å². The first kappa shape index (κ1) is 20.9. The number of hydrogen-bond acceptors (Lipinski definition) is 6. The van der Waals surface area contributed by atoms with Crippen LogP contribution in [0.4, 0.5) is 10.5 Å². The fourth-order valence-corrected chi connectivity index (χ4v) is 3.45. The minimum Gasteiger partial charge on any atom is -0.444 e. The summed E-state index contributed by atoms with van der Waals surface area (Å²) in [6.07, 6.45) is -0.246. The van der Waals surface area contributed by atoms with Crippen LogP contribution in [0.15, 0.2) is 53.1 Å². The third-order valence-corrected chi connectivity index (χ3v) is 5.15. The molecular weight excluding hydrogens is 392 g/mol. The molecule has 0 N–H and O–H groups in total. The van der Waals surface area contributed by atoms with E-state index in [1.807, 2.05) is 64.1 Å². The van der Waals surface area contributed by atoms with E-state index in [1.165, 1.54) is 5.56 Å². The molecule has 1 saturated heterocycles. The van der Waals surface area contributed by atoms with Crippen LogP contribution in [0.5, 0.6) is 0 Å². The first-order valence-electron chi connectivity index (χ1n) is 10.5. The van der Waals surface area contributed by atoms with Crippen LogP contribution in [-0.2, 0) is 4.74 Å². The van der Waals surface area contributed by atoms with Crippen molar-refractivity contribution in [2.75, 3.05) is 31.1 Å². The predicted molar refractivity (Wildman–Crippen MR) is 120 cm³/mol. The topological polar surface area (TPSA) is 71.7 Å². The highest BCUT2D eigenvalue weighted by Crippen LogP contribution is 2.25. The second kappa shape index (κ2) is 8.41. The van der Waals surface area contributed by atoms with Gasteiger partial charge in [0, 0.05) is 43.0 Å². The summed E-state index contributed by atoms with van der Waals surface area (Å²) >= 11 is 0. The molecule has 7 nitrogen and oxygen atoms in total. The molecule has 0 aliphatic carbocycles. The Bertz CT molecular complexity index is 1030. The van der Waals surface area contributed by atoms with Gasteiger partial charge >= 0.3 is 6.09 Å². The Labute approximate surface area is 182 Å². The van der Waals surface area contributed by atoms with E-state index in [4.69, 9.17) is 9.26 Å². The number of rotatable bonds is 3. The normalized spacial score (nSPS) is 14.6. The van der Waals surface area contributed by atoms with Crippen LogP contribution in [0.3, 0.4) is 0 Å². The number of piperazine rings is 1. The van der Waals surface area contributed by atoms with E-state index < -0.39 is 5.60 Å². The Kier molecular flexibility index (Phi) is 5.67. The fraction of sp³-hybridized carbons (Fsp3) is 0.375. The van der Waals surface area contributed by atoms with Crippen molar-refractivity contribution in [3.63, 3.8) is 0 Å². The Balaban J connectivity index is 1.38. The molecule has 1 aliphatic rings. The van der Waals surface area contributed by atoms with Gasteiger partial charge in [0.1, 0.15) is 5.60 Å². The van der Waals surface area contributed by atoms with Crippen LogP contribution in [0.1, 0.15) is 26.3 Å². The molecule has 2 heterocycles. The van der Waals surface area contributed by atoms with Gasteiger partial charge in [0.25, 0.3) is 5.89 Å². The Hall–Kier alpha value is -3.35. The maximum absolute atomic E-state index is 12.2. The number of carbonyl (C=O) groups is 1. The molecule has 0 radical (unpaired) electrons. The molecule has 3 aromatic rings. The van der Waals surface area contributed by atoms with Gasteiger partial charge in [-0.15, -0.1) is 0 Å². The highest BCUT2D eigenvalue weighted by atomic mass is 16.6. The van der Waals surface area contributed by atoms with Crippen molar-refractivity contribution >= 4 is 11.8 Å². The van der Waals surface area contributed by atoms with Crippen LogP contribution in [0, 0.1) is 6.92 Å². The summed E-state index contributed by atoms with van der Waals surface area (Å²) in [7, 11) is 0. The lowest BCUT2D eigenvalue weighted by molar-refractivity contribution is 0.0240. The monoisotopic (exact) mass is 420 g/mol. The molecular formula is C24H28N4O3. The summed E-state index contributed by atoms with van der Waals surface area (Å²) < 4.78 is 10.9. The number of hydrogen-bond donors (Lipinski definition) is 0. The number of aryl methyl sites for hydroxylation is 1. The molecule has 162 valence electrons. The van der Waals surface area contributed by atoms with E-state index in [-0.39, 0.29) is 6.09 Å². The molecule has 1 aliphatic heterocycles. The Morgan fingerprint density at radius 1 is 0.935 bits per heavy atom. The van der Waals surface area contributed by atoms with E-state index >= 15 is 0 Å². The van der Waals surface area contributed by atoms with Crippen LogP contribution < -0.4 is 4.90 Å². The zero-order valence-electron chi connectivity index (χ0n) is 18.5. The molecule has 1 fully saturated rings. The maximum Gasteiger partial charge on any atom is 0.410 e. The molecule has 0 saturated carbocycles. The van der Waals surface area contributed by atoms with E-state index in [1.54, 1.807) is 4.90 Å². The minimum absolute atomic E-state index is 0.246. The van der Waals surface area contributed by atoms with E-state index in [0.717, 1.165) is 29.9 Å². The summed E-state index contributed by atoms with van der Waals surface area (Å²) in [4.78, 5) is 20.8. The van der Waals surface area contributed by atoms with Crippen molar-refractivity contribution in [3.8, 4) is 22.8 Å². The second-order valence-electron chi connectivity index (χ2n) is 8.79. The number of nitrogens with zero attached hydrogens (tertiary/aromatic N) is 4. The van der Waals surface area contributed by atoms with Crippen molar-refractivity contribution in [1.82, 2.24) is 15.0 Å². The van der Waals surface area contributed by atoms with Crippen molar-refractivity contribution < 1.29 is 14.1 Å². The number of aromatic nitrogens is 2. The average molecular weight is 421 g/mol. The minimum atomic E-state index is -0.474. The SMILES string of the molecule is Cc1ccc(-c2nc(-c3ccc(N4CCN(C(=O)OC(C)(C)C)CC4)cc3)no2)cc1. The number of carbonyl (C=O) groups excluding carboxylic acids is 1. The number of anilines is 1. The molecule has 0 spiro atoms. The zero-order chi connectivity index (χ0) is 22.0. The van der Waals surface area contributed by atoms with Gasteiger partial charge in [0.15, 0.2) is 0 Å². The van der Waals surface area contributed by atoms with Gasteiger partial charge in [0.05, 0.1) is 0 Å². The maximum atomic E-state index is 12.2. The lowest BCUT2D eigenvalue weighted by Gasteiger charge is -2.36. The number of ether oxygens (including phenoxy) is 1. The number of benzene rings is 2. The lowest BCUT2D eigenvalue weighted by atomic mass is 10.1. The predicted octanol–water partition coefficient (Wildman–Crippen LogP) is 4.77. The van der Waals surface area contributed by atoms with Gasteiger partial charge in [-0.1, -0.05) is 22.9 Å². The van der Waals surface area contributed by atoms with E-state index in [0.29, 0.717) is 24.8 Å². The lowest BCUT2D eigenvalue weighted by Crippen LogP contribution is -2.50. The molecule has 0 unspecified atom stereocenters. The summed E-state index contributed by atoms with van der Waals surface area (Å²) in [6.45, 7) is 10.5. The molecule has 0 bridgehead atoms. The van der Waals surface area contributed by atoms with E-state index in [9.17, 15) is 4.79 Å². The summed E-state index contributed by atoms with van der Waals surface area (Å²) in [5.41, 5.74) is 3.63.